The number of likely N-dealkylation sites (tertiary alicyclic amines) is 1. The Morgan fingerprint density at radius 3 is 2.68 bits per heavy atom. The Morgan fingerprint density at radius 2 is 1.96 bits per heavy atom. The van der Waals surface area contributed by atoms with Gasteiger partial charge in [0.05, 0.1) is 29.6 Å². The average molecular weight is 339 g/mol. The largest absolute Gasteiger partial charge is 0.390 e. The van der Waals surface area contributed by atoms with Gasteiger partial charge in [0.15, 0.2) is 0 Å². The average Bonchev–Trinajstić information content (AvgIpc) is 2.59. The molecule has 0 radical (unpaired) electrons. The van der Waals surface area contributed by atoms with Gasteiger partial charge in [0.1, 0.15) is 17.1 Å². The van der Waals surface area contributed by atoms with E-state index in [0.29, 0.717) is 11.1 Å². The summed E-state index contributed by atoms with van der Waals surface area (Å²) < 4.78 is 6.08. The van der Waals surface area contributed by atoms with Gasteiger partial charge in [-0.3, -0.25) is 14.9 Å². The highest BCUT2D eigenvalue weighted by Crippen LogP contribution is 2.29. The van der Waals surface area contributed by atoms with Crippen LogP contribution in [0.5, 0.6) is 0 Å². The number of fused-ring (bicyclic) bond motifs is 1. The third-order valence-electron chi connectivity index (χ3n) is 4.79. The van der Waals surface area contributed by atoms with Crippen LogP contribution in [0.3, 0.4) is 0 Å². The Morgan fingerprint density at radius 1 is 1.20 bits per heavy atom. The highest BCUT2D eigenvalue weighted by molar-refractivity contribution is 5.92. The lowest BCUT2D eigenvalue weighted by Gasteiger charge is -2.43. The minimum absolute atomic E-state index is 0.0821. The monoisotopic (exact) mass is 339 g/mol. The number of hydrogen-bond donors (Lipinski definition) is 1. The molecule has 0 unspecified atom stereocenters. The molecule has 0 amide bonds. The van der Waals surface area contributed by atoms with Gasteiger partial charge in [-0.2, -0.15) is 5.26 Å². The van der Waals surface area contributed by atoms with Gasteiger partial charge in [-0.25, -0.2) is 0 Å². The molecule has 1 aromatic heterocycles. The number of ether oxygens (including phenoxy) is 1. The number of nitrogens with zero attached hydrogens (tertiary/aromatic N) is 5. The molecule has 2 atom stereocenters. The van der Waals surface area contributed by atoms with Gasteiger partial charge < -0.3 is 14.7 Å². The quantitative estimate of drug-likeness (QED) is 0.884. The molecule has 2 aliphatic heterocycles. The second kappa shape index (κ2) is 6.56. The summed E-state index contributed by atoms with van der Waals surface area (Å²) in [6.07, 6.45) is 3.27. The van der Waals surface area contributed by atoms with Gasteiger partial charge in [-0.1, -0.05) is 0 Å². The Balaban J connectivity index is 1.60. The van der Waals surface area contributed by atoms with Crippen molar-refractivity contribution in [3.63, 3.8) is 0 Å². The third-order valence-corrected chi connectivity index (χ3v) is 4.79. The van der Waals surface area contributed by atoms with Crippen LogP contribution in [0.25, 0.3) is 11.0 Å². The maximum atomic E-state index is 9.46. The first kappa shape index (κ1) is 16.2. The molecule has 2 aliphatic rings. The van der Waals surface area contributed by atoms with Crippen LogP contribution in [0.2, 0.25) is 0 Å². The molecule has 3 heterocycles. The molecule has 0 aliphatic carbocycles. The lowest BCUT2D eigenvalue weighted by atomic mass is 10.1. The standard InChI is InChI=1S/C18H21N5O2/c1-12-7-23(11-15(25-12)10-22-8-14(24)9-22)16-3-2-13(6-19)17-18(16)21-5-4-20-17/h2-5,12,14-15,24H,7-11H2,1H3/t12-,15+/m1/s1. The molecule has 130 valence electrons. The zero-order valence-corrected chi connectivity index (χ0v) is 14.2. The van der Waals surface area contributed by atoms with Crippen molar-refractivity contribution in [1.82, 2.24) is 14.9 Å². The molecule has 25 heavy (non-hydrogen) atoms. The topological polar surface area (TPSA) is 85.5 Å². The lowest BCUT2D eigenvalue weighted by molar-refractivity contribution is -0.0672. The molecule has 1 aromatic carbocycles. The predicted molar refractivity (Wildman–Crippen MR) is 93.2 cm³/mol. The van der Waals surface area contributed by atoms with E-state index in [1.807, 2.05) is 12.1 Å². The molecule has 4 rings (SSSR count). The van der Waals surface area contributed by atoms with Crippen LogP contribution in [0.4, 0.5) is 5.69 Å². The molecule has 1 N–H and O–H groups in total. The second-order valence-corrected chi connectivity index (χ2v) is 6.84. The first-order valence-corrected chi connectivity index (χ1v) is 8.58. The molecule has 0 spiro atoms. The van der Waals surface area contributed by atoms with Crippen LogP contribution in [-0.2, 0) is 4.74 Å². The maximum absolute atomic E-state index is 9.46. The molecule has 7 nitrogen and oxygen atoms in total. The molecule has 7 heteroatoms. The number of hydrogen-bond acceptors (Lipinski definition) is 7. The van der Waals surface area contributed by atoms with Crippen LogP contribution < -0.4 is 4.90 Å². The van der Waals surface area contributed by atoms with Crippen molar-refractivity contribution in [3.8, 4) is 6.07 Å². The summed E-state index contributed by atoms with van der Waals surface area (Å²) in [7, 11) is 0. The number of β-amino-alcohol motifs (C(OH)–C–C–N with tert-alkyl or cyclic N) is 1. The summed E-state index contributed by atoms with van der Waals surface area (Å²) >= 11 is 0. The van der Waals surface area contributed by atoms with E-state index in [4.69, 9.17) is 4.74 Å². The van der Waals surface area contributed by atoms with Crippen LogP contribution in [0, 0.1) is 11.3 Å². The summed E-state index contributed by atoms with van der Waals surface area (Å²) in [6.45, 7) is 5.86. The van der Waals surface area contributed by atoms with E-state index in [0.717, 1.165) is 43.9 Å². The van der Waals surface area contributed by atoms with Crippen LogP contribution in [-0.4, -0.2) is 71.0 Å². The van der Waals surface area contributed by atoms with E-state index >= 15 is 0 Å². The molecule has 2 aromatic rings. The highest BCUT2D eigenvalue weighted by Gasteiger charge is 2.32. The van der Waals surface area contributed by atoms with E-state index in [1.165, 1.54) is 0 Å². The van der Waals surface area contributed by atoms with Crippen molar-refractivity contribution in [2.24, 2.45) is 0 Å². The van der Waals surface area contributed by atoms with Gasteiger partial charge in [0.2, 0.25) is 0 Å². The first-order chi connectivity index (χ1) is 12.1. The summed E-state index contributed by atoms with van der Waals surface area (Å²) in [6, 6.07) is 5.96. The van der Waals surface area contributed by atoms with Crippen LogP contribution in [0.15, 0.2) is 24.5 Å². The highest BCUT2D eigenvalue weighted by atomic mass is 16.5. The van der Waals surface area contributed by atoms with Crippen molar-refractivity contribution >= 4 is 16.7 Å². The number of morpholine rings is 1. The number of nitriles is 1. The van der Waals surface area contributed by atoms with Crippen molar-refractivity contribution in [1.29, 1.82) is 5.26 Å². The number of benzene rings is 1. The Labute approximate surface area is 146 Å². The van der Waals surface area contributed by atoms with Crippen molar-refractivity contribution in [2.45, 2.75) is 25.2 Å². The van der Waals surface area contributed by atoms with Crippen molar-refractivity contribution in [3.05, 3.63) is 30.1 Å². The number of aromatic nitrogens is 2. The van der Waals surface area contributed by atoms with E-state index in [1.54, 1.807) is 12.4 Å². The van der Waals surface area contributed by atoms with Crippen LogP contribution in [0.1, 0.15) is 12.5 Å². The number of aliphatic hydroxyl groups is 1. The number of anilines is 1. The van der Waals surface area contributed by atoms with E-state index < -0.39 is 0 Å². The third kappa shape index (κ3) is 3.16. The van der Waals surface area contributed by atoms with Crippen LogP contribution >= 0.6 is 0 Å². The Kier molecular flexibility index (Phi) is 4.25. The maximum Gasteiger partial charge on any atom is 0.113 e. The zero-order chi connectivity index (χ0) is 17.4. The lowest BCUT2D eigenvalue weighted by Crippen LogP contribution is -2.57. The van der Waals surface area contributed by atoms with Gasteiger partial charge in [-0.05, 0) is 19.1 Å². The van der Waals surface area contributed by atoms with E-state index in [-0.39, 0.29) is 18.3 Å². The molecule has 2 fully saturated rings. The number of rotatable bonds is 3. The summed E-state index contributed by atoms with van der Waals surface area (Å²) in [5.41, 5.74) is 2.93. The van der Waals surface area contributed by atoms with E-state index in [2.05, 4.69) is 32.8 Å². The second-order valence-electron chi connectivity index (χ2n) is 6.84. The normalized spacial score (nSPS) is 24.9. The molecule has 0 bridgehead atoms. The predicted octanol–water partition coefficient (Wildman–Crippen LogP) is 0.772. The summed E-state index contributed by atoms with van der Waals surface area (Å²) in [4.78, 5) is 13.3. The van der Waals surface area contributed by atoms with Gasteiger partial charge in [0, 0.05) is 45.1 Å². The molecular formula is C18H21N5O2. The Bertz CT molecular complexity index is 815. The molecular weight excluding hydrogens is 318 g/mol. The summed E-state index contributed by atoms with van der Waals surface area (Å²) in [5, 5.41) is 18.8. The smallest absolute Gasteiger partial charge is 0.113 e. The van der Waals surface area contributed by atoms with Gasteiger partial charge in [0.25, 0.3) is 0 Å². The number of aliphatic hydroxyl groups excluding tert-OH is 1. The Hall–Kier alpha value is -2.27. The van der Waals surface area contributed by atoms with Gasteiger partial charge in [-0.15, -0.1) is 0 Å². The fraction of sp³-hybridized carbons (Fsp3) is 0.500. The SMILES string of the molecule is C[C@@H]1CN(c2ccc(C#N)c3nccnc23)C[C@H](CN2CC(O)C2)O1. The van der Waals surface area contributed by atoms with Gasteiger partial charge >= 0.3 is 0 Å². The molecule has 2 saturated heterocycles. The zero-order valence-electron chi connectivity index (χ0n) is 14.2. The van der Waals surface area contributed by atoms with E-state index in [9.17, 15) is 10.4 Å². The minimum atomic E-state index is -0.199. The molecule has 0 saturated carbocycles. The minimum Gasteiger partial charge on any atom is -0.390 e. The van der Waals surface area contributed by atoms with Crippen molar-refractivity contribution < 1.29 is 9.84 Å². The fourth-order valence-electron chi connectivity index (χ4n) is 3.71. The summed E-state index contributed by atoms with van der Waals surface area (Å²) in [5.74, 6) is 0. The first-order valence-electron chi connectivity index (χ1n) is 8.58. The fourth-order valence-corrected chi connectivity index (χ4v) is 3.71. The van der Waals surface area contributed by atoms with Crippen molar-refractivity contribution in [2.75, 3.05) is 37.6 Å².